The summed E-state index contributed by atoms with van der Waals surface area (Å²) in [5.41, 5.74) is 2.99. The van der Waals surface area contributed by atoms with Crippen LogP contribution in [0.1, 0.15) is 11.3 Å². The summed E-state index contributed by atoms with van der Waals surface area (Å²) in [4.78, 5) is 34.3. The zero-order valence-electron chi connectivity index (χ0n) is 11.9. The molecule has 0 aromatic carbocycles. The van der Waals surface area contributed by atoms with E-state index in [-0.39, 0.29) is 27.8 Å². The Labute approximate surface area is 134 Å². The van der Waals surface area contributed by atoms with E-state index in [9.17, 15) is 9.59 Å². The van der Waals surface area contributed by atoms with E-state index in [1.807, 2.05) is 0 Å². The molecule has 3 heterocycles. The highest BCUT2D eigenvalue weighted by molar-refractivity contribution is 6.32. The van der Waals surface area contributed by atoms with Gasteiger partial charge in [0.05, 0.1) is 11.8 Å². The number of anilines is 1. The standard InChI is InChI=1S/C14H11ClN6O2/c1-8-6-11(22)19-14(17-8)20-16-7-9-12(15)18-10-4-2-3-5-21(10)13(9)23/h2-7H,1H3,(H2,17,19,20,22)/b16-7+. The molecule has 3 aromatic rings. The highest BCUT2D eigenvalue weighted by Crippen LogP contribution is 2.08. The van der Waals surface area contributed by atoms with Crippen molar-refractivity contribution in [1.29, 1.82) is 0 Å². The molecule has 0 aliphatic carbocycles. The van der Waals surface area contributed by atoms with Crippen LogP contribution < -0.4 is 16.5 Å². The van der Waals surface area contributed by atoms with E-state index in [0.29, 0.717) is 11.3 Å². The predicted octanol–water partition coefficient (Wildman–Crippen LogP) is 1.19. The Morgan fingerprint density at radius 1 is 1.35 bits per heavy atom. The molecule has 0 bridgehead atoms. The molecular formula is C14H11ClN6O2. The largest absolute Gasteiger partial charge is 0.291 e. The molecule has 3 aromatic heterocycles. The molecular weight excluding hydrogens is 320 g/mol. The number of nitrogens with zero attached hydrogens (tertiary/aromatic N) is 4. The molecule has 9 heteroatoms. The van der Waals surface area contributed by atoms with E-state index < -0.39 is 0 Å². The summed E-state index contributed by atoms with van der Waals surface area (Å²) < 4.78 is 1.36. The van der Waals surface area contributed by atoms with Gasteiger partial charge in [0.2, 0.25) is 5.95 Å². The summed E-state index contributed by atoms with van der Waals surface area (Å²) in [7, 11) is 0. The number of H-pyrrole nitrogens is 1. The molecule has 3 rings (SSSR count). The van der Waals surface area contributed by atoms with Gasteiger partial charge in [0.1, 0.15) is 10.8 Å². The van der Waals surface area contributed by atoms with E-state index in [1.54, 1.807) is 31.3 Å². The Morgan fingerprint density at radius 3 is 2.96 bits per heavy atom. The molecule has 0 unspecified atom stereocenters. The molecule has 0 amide bonds. The van der Waals surface area contributed by atoms with Crippen LogP contribution in [0.3, 0.4) is 0 Å². The lowest BCUT2D eigenvalue weighted by atomic mass is 10.3. The van der Waals surface area contributed by atoms with Crippen LogP contribution in [0.15, 0.2) is 45.2 Å². The maximum absolute atomic E-state index is 12.3. The van der Waals surface area contributed by atoms with Crippen molar-refractivity contribution in [2.24, 2.45) is 5.10 Å². The number of fused-ring (bicyclic) bond motifs is 1. The van der Waals surface area contributed by atoms with E-state index in [4.69, 9.17) is 11.6 Å². The highest BCUT2D eigenvalue weighted by Gasteiger charge is 2.08. The summed E-state index contributed by atoms with van der Waals surface area (Å²) in [6.07, 6.45) is 2.82. The van der Waals surface area contributed by atoms with Crippen molar-refractivity contribution in [3.8, 4) is 0 Å². The number of aromatic nitrogens is 4. The fourth-order valence-corrected chi connectivity index (χ4v) is 2.19. The first-order valence-electron chi connectivity index (χ1n) is 6.58. The van der Waals surface area contributed by atoms with E-state index in [1.165, 1.54) is 16.7 Å². The van der Waals surface area contributed by atoms with Crippen molar-refractivity contribution in [2.45, 2.75) is 6.92 Å². The quantitative estimate of drug-likeness (QED) is 0.426. The summed E-state index contributed by atoms with van der Waals surface area (Å²) in [5.74, 6) is 0.163. The molecule has 0 saturated heterocycles. The molecule has 116 valence electrons. The third kappa shape index (κ3) is 3.11. The summed E-state index contributed by atoms with van der Waals surface area (Å²) in [5, 5.41) is 3.92. The van der Waals surface area contributed by atoms with Crippen molar-refractivity contribution < 1.29 is 0 Å². The number of nitrogens with one attached hydrogen (secondary N) is 2. The Hall–Kier alpha value is -3.00. The van der Waals surface area contributed by atoms with Gasteiger partial charge in [-0.15, -0.1) is 0 Å². The molecule has 2 N–H and O–H groups in total. The van der Waals surface area contributed by atoms with Crippen molar-refractivity contribution in [3.63, 3.8) is 0 Å². The lowest BCUT2D eigenvalue weighted by Gasteiger charge is -2.03. The Balaban J connectivity index is 1.95. The lowest BCUT2D eigenvalue weighted by Crippen LogP contribution is -2.20. The van der Waals surface area contributed by atoms with Gasteiger partial charge in [-0.2, -0.15) is 5.10 Å². The molecule has 0 radical (unpaired) electrons. The topological polar surface area (TPSA) is 105 Å². The number of hydrogen-bond donors (Lipinski definition) is 2. The monoisotopic (exact) mass is 330 g/mol. The number of aromatic amines is 1. The molecule has 8 nitrogen and oxygen atoms in total. The zero-order chi connectivity index (χ0) is 16.4. The zero-order valence-corrected chi connectivity index (χ0v) is 12.7. The molecule has 0 saturated carbocycles. The fraction of sp³-hybridized carbons (Fsp3) is 0.0714. The molecule has 0 aliphatic rings. The molecule has 0 aliphatic heterocycles. The van der Waals surface area contributed by atoms with Crippen LogP contribution in [0.4, 0.5) is 5.95 Å². The second-order valence-corrected chi connectivity index (χ2v) is 5.01. The number of rotatable bonds is 3. The average Bonchev–Trinajstić information content (AvgIpc) is 2.49. The minimum atomic E-state index is -0.350. The van der Waals surface area contributed by atoms with Gasteiger partial charge in [-0.05, 0) is 19.1 Å². The number of halogens is 1. The van der Waals surface area contributed by atoms with E-state index in [2.05, 4.69) is 25.5 Å². The normalized spacial score (nSPS) is 11.2. The van der Waals surface area contributed by atoms with Crippen LogP contribution in [0.5, 0.6) is 0 Å². The molecule has 0 atom stereocenters. The van der Waals surface area contributed by atoms with Crippen LogP contribution >= 0.6 is 11.6 Å². The first-order chi connectivity index (χ1) is 11.0. The maximum atomic E-state index is 12.3. The van der Waals surface area contributed by atoms with Gasteiger partial charge in [-0.25, -0.2) is 15.4 Å². The maximum Gasteiger partial charge on any atom is 0.268 e. The van der Waals surface area contributed by atoms with Crippen molar-refractivity contribution in [3.05, 3.63) is 67.6 Å². The van der Waals surface area contributed by atoms with Crippen LogP contribution in [-0.2, 0) is 0 Å². The highest BCUT2D eigenvalue weighted by atomic mass is 35.5. The lowest BCUT2D eigenvalue weighted by molar-refractivity contribution is 1.03. The smallest absolute Gasteiger partial charge is 0.268 e. The fourth-order valence-electron chi connectivity index (χ4n) is 1.97. The second-order valence-electron chi connectivity index (χ2n) is 4.66. The van der Waals surface area contributed by atoms with Gasteiger partial charge in [-0.3, -0.25) is 19.0 Å². The van der Waals surface area contributed by atoms with Gasteiger partial charge >= 0.3 is 0 Å². The molecule has 23 heavy (non-hydrogen) atoms. The third-order valence-corrected chi connectivity index (χ3v) is 3.24. The molecule has 0 spiro atoms. The minimum Gasteiger partial charge on any atom is -0.291 e. The van der Waals surface area contributed by atoms with Crippen LogP contribution in [0.2, 0.25) is 5.15 Å². The number of hydrogen-bond acceptors (Lipinski definition) is 6. The van der Waals surface area contributed by atoms with E-state index >= 15 is 0 Å². The second kappa shape index (κ2) is 6.01. The summed E-state index contributed by atoms with van der Waals surface area (Å²) in [6.45, 7) is 1.68. The summed E-state index contributed by atoms with van der Waals surface area (Å²) >= 11 is 6.02. The third-order valence-electron chi connectivity index (χ3n) is 2.96. The van der Waals surface area contributed by atoms with Gasteiger partial charge < -0.3 is 0 Å². The van der Waals surface area contributed by atoms with Gasteiger partial charge in [0.15, 0.2) is 0 Å². The Morgan fingerprint density at radius 2 is 2.17 bits per heavy atom. The Bertz CT molecular complexity index is 1020. The van der Waals surface area contributed by atoms with Crippen LogP contribution in [0.25, 0.3) is 5.65 Å². The van der Waals surface area contributed by atoms with Crippen molar-refractivity contribution in [1.82, 2.24) is 19.4 Å². The minimum absolute atomic E-state index is 0.0393. The predicted molar refractivity (Wildman–Crippen MR) is 87.3 cm³/mol. The number of pyridine rings is 1. The first kappa shape index (κ1) is 14.9. The number of hydrazone groups is 1. The number of aryl methyl sites for hydroxylation is 1. The van der Waals surface area contributed by atoms with Gasteiger partial charge in [0.25, 0.3) is 11.1 Å². The van der Waals surface area contributed by atoms with Crippen molar-refractivity contribution in [2.75, 3.05) is 5.43 Å². The average molecular weight is 331 g/mol. The van der Waals surface area contributed by atoms with Crippen LogP contribution in [-0.4, -0.2) is 25.6 Å². The molecule has 0 fully saturated rings. The van der Waals surface area contributed by atoms with Gasteiger partial charge in [-0.1, -0.05) is 17.7 Å². The Kier molecular flexibility index (Phi) is 3.90. The van der Waals surface area contributed by atoms with Crippen LogP contribution in [0, 0.1) is 6.92 Å². The van der Waals surface area contributed by atoms with E-state index in [0.717, 1.165) is 0 Å². The van der Waals surface area contributed by atoms with Gasteiger partial charge in [0, 0.05) is 18.0 Å². The first-order valence-corrected chi connectivity index (χ1v) is 6.96. The van der Waals surface area contributed by atoms with Crippen molar-refractivity contribution >= 4 is 29.4 Å². The SMILES string of the molecule is Cc1cc(=O)[nH]c(N/N=C/c2c(Cl)nc3ccccn3c2=O)n1. The summed E-state index contributed by atoms with van der Waals surface area (Å²) in [6, 6.07) is 6.50.